The maximum absolute atomic E-state index is 12.9. The van der Waals surface area contributed by atoms with Crippen LogP contribution in [0.5, 0.6) is 5.75 Å². The van der Waals surface area contributed by atoms with Crippen molar-refractivity contribution >= 4 is 41.1 Å². The number of carbonyl (C=O) groups excluding carboxylic acids is 3. The summed E-state index contributed by atoms with van der Waals surface area (Å²) in [6.45, 7) is 4.00. The van der Waals surface area contributed by atoms with Crippen LogP contribution < -0.4 is 15.4 Å². The second-order valence-corrected chi connectivity index (χ2v) is 8.87. The number of benzene rings is 1. The van der Waals surface area contributed by atoms with Gasteiger partial charge in [0.05, 0.1) is 44.1 Å². The molecule has 0 saturated carbocycles. The van der Waals surface area contributed by atoms with Crippen LogP contribution in [-0.4, -0.2) is 49.0 Å². The maximum Gasteiger partial charge on any atom is 0.338 e. The Balaban J connectivity index is 1.84. The highest BCUT2D eigenvalue weighted by Gasteiger charge is 2.33. The third kappa shape index (κ3) is 6.48. The van der Waals surface area contributed by atoms with Crippen LogP contribution in [0.4, 0.5) is 4.79 Å². The Bertz CT molecular complexity index is 1040. The fourth-order valence-electron chi connectivity index (χ4n) is 3.16. The van der Waals surface area contributed by atoms with E-state index < -0.39 is 18.0 Å². The van der Waals surface area contributed by atoms with Crippen LogP contribution in [0.1, 0.15) is 31.1 Å². The average molecular weight is 492 g/mol. The van der Waals surface area contributed by atoms with Gasteiger partial charge >= 0.3 is 18.0 Å². The van der Waals surface area contributed by atoms with Crippen LogP contribution >= 0.6 is 23.1 Å². The number of aromatic nitrogens is 1. The van der Waals surface area contributed by atoms with Crippen molar-refractivity contribution in [1.82, 2.24) is 15.6 Å². The number of nitrogens with one attached hydrogen (secondary N) is 2. The first kappa shape index (κ1) is 24.6. The summed E-state index contributed by atoms with van der Waals surface area (Å²) in [5, 5.41) is 7.33. The summed E-state index contributed by atoms with van der Waals surface area (Å²) in [4.78, 5) is 41.4. The van der Waals surface area contributed by atoms with Crippen LogP contribution in [0.25, 0.3) is 0 Å². The molecule has 0 spiro atoms. The highest BCUT2D eigenvalue weighted by Crippen LogP contribution is 2.32. The predicted molar refractivity (Wildman–Crippen MR) is 124 cm³/mol. The lowest BCUT2D eigenvalue weighted by Gasteiger charge is -2.29. The molecule has 1 aromatic carbocycles. The summed E-state index contributed by atoms with van der Waals surface area (Å²) in [6.07, 6.45) is 0.0991. The minimum absolute atomic E-state index is 0.0991. The normalized spacial score (nSPS) is 15.5. The fraction of sp³-hybridized carbons (Fsp3) is 0.364. The van der Waals surface area contributed by atoms with Gasteiger partial charge in [-0.3, -0.25) is 4.79 Å². The summed E-state index contributed by atoms with van der Waals surface area (Å²) in [6, 6.07) is 6.03. The van der Waals surface area contributed by atoms with Gasteiger partial charge in [-0.2, -0.15) is 0 Å². The highest BCUT2D eigenvalue weighted by molar-refractivity contribution is 8.01. The van der Waals surface area contributed by atoms with Crippen molar-refractivity contribution in [3.63, 3.8) is 0 Å². The number of urea groups is 1. The summed E-state index contributed by atoms with van der Waals surface area (Å²) in [7, 11) is 1.57. The Labute approximate surface area is 199 Å². The van der Waals surface area contributed by atoms with Gasteiger partial charge < -0.3 is 24.8 Å². The molecule has 3 rings (SSSR count). The molecule has 9 nitrogen and oxygen atoms in total. The molecule has 2 amide bonds. The molecule has 0 bridgehead atoms. The van der Waals surface area contributed by atoms with Crippen LogP contribution in [0.3, 0.4) is 0 Å². The molecule has 11 heteroatoms. The number of rotatable bonds is 10. The highest BCUT2D eigenvalue weighted by atomic mass is 32.2. The Hall–Kier alpha value is -3.05. The van der Waals surface area contributed by atoms with E-state index >= 15 is 0 Å². The fourth-order valence-corrected chi connectivity index (χ4v) is 4.97. The first-order chi connectivity index (χ1) is 15.9. The van der Waals surface area contributed by atoms with Gasteiger partial charge in [0.15, 0.2) is 4.34 Å². The van der Waals surface area contributed by atoms with Crippen molar-refractivity contribution in [3.8, 4) is 5.75 Å². The predicted octanol–water partition coefficient (Wildman–Crippen LogP) is 3.22. The average Bonchev–Trinajstić information content (AvgIpc) is 3.24. The number of methoxy groups -OCH3 is 1. The van der Waals surface area contributed by atoms with E-state index in [-0.39, 0.29) is 19.0 Å². The molecule has 0 saturated heterocycles. The van der Waals surface area contributed by atoms with E-state index in [9.17, 15) is 14.4 Å². The Morgan fingerprint density at radius 3 is 2.55 bits per heavy atom. The van der Waals surface area contributed by atoms with Crippen molar-refractivity contribution in [2.24, 2.45) is 0 Å². The molecule has 1 aromatic heterocycles. The summed E-state index contributed by atoms with van der Waals surface area (Å²) >= 11 is 2.74. The zero-order chi connectivity index (χ0) is 23.8. The molecule has 1 aliphatic heterocycles. The summed E-state index contributed by atoms with van der Waals surface area (Å²) < 4.78 is 16.1. The quantitative estimate of drug-likeness (QED) is 0.385. The minimum atomic E-state index is -0.671. The van der Waals surface area contributed by atoms with E-state index in [0.717, 1.165) is 5.56 Å². The van der Waals surface area contributed by atoms with Crippen molar-refractivity contribution in [2.45, 2.75) is 30.6 Å². The number of carbonyl (C=O) groups is 3. The second kappa shape index (κ2) is 11.7. The molecule has 0 aliphatic carbocycles. The van der Waals surface area contributed by atoms with Crippen LogP contribution in [-0.2, 0) is 25.5 Å². The van der Waals surface area contributed by atoms with Crippen molar-refractivity contribution in [2.75, 3.05) is 26.1 Å². The zero-order valence-electron chi connectivity index (χ0n) is 18.5. The second-order valence-electron chi connectivity index (χ2n) is 6.79. The van der Waals surface area contributed by atoms with Crippen LogP contribution in [0.15, 0.2) is 45.3 Å². The van der Waals surface area contributed by atoms with Gasteiger partial charge in [-0.25, -0.2) is 14.6 Å². The van der Waals surface area contributed by atoms with E-state index in [1.807, 2.05) is 0 Å². The number of hydrogen-bond donors (Lipinski definition) is 2. The summed E-state index contributed by atoms with van der Waals surface area (Å²) in [5.74, 6) is 0.114. The van der Waals surface area contributed by atoms with Gasteiger partial charge in [0.25, 0.3) is 0 Å². The van der Waals surface area contributed by atoms with Gasteiger partial charge in [0.2, 0.25) is 0 Å². The molecule has 0 fully saturated rings. The molecule has 2 N–H and O–H groups in total. The zero-order valence-corrected chi connectivity index (χ0v) is 20.1. The first-order valence-electron chi connectivity index (χ1n) is 10.3. The molecule has 0 radical (unpaired) electrons. The lowest BCUT2D eigenvalue weighted by Crippen LogP contribution is -2.46. The summed E-state index contributed by atoms with van der Waals surface area (Å²) in [5.41, 5.74) is 2.12. The van der Waals surface area contributed by atoms with E-state index in [2.05, 4.69) is 15.6 Å². The number of esters is 2. The number of ether oxygens (including phenoxy) is 3. The Morgan fingerprint density at radius 1 is 1.15 bits per heavy atom. The molecule has 2 heterocycles. The number of thiazole rings is 1. The van der Waals surface area contributed by atoms with Gasteiger partial charge in [-0.05, 0) is 31.5 Å². The third-order valence-corrected chi connectivity index (χ3v) is 6.70. The number of amides is 2. The first-order valence-corrected chi connectivity index (χ1v) is 12.2. The SMILES string of the molecule is CCOC(=O)Cc1csc(SCC2=C(C(=O)OCC)C(c3ccc(OC)cc3)NC(=O)N2)n1. The monoisotopic (exact) mass is 491 g/mol. The van der Waals surface area contributed by atoms with E-state index in [1.165, 1.54) is 23.1 Å². The van der Waals surface area contributed by atoms with Gasteiger partial charge in [0.1, 0.15) is 5.75 Å². The Kier molecular flexibility index (Phi) is 8.72. The van der Waals surface area contributed by atoms with Crippen molar-refractivity contribution in [3.05, 3.63) is 52.2 Å². The molecule has 1 atom stereocenters. The minimum Gasteiger partial charge on any atom is -0.497 e. The van der Waals surface area contributed by atoms with E-state index in [4.69, 9.17) is 14.2 Å². The van der Waals surface area contributed by atoms with Crippen LogP contribution in [0.2, 0.25) is 0 Å². The maximum atomic E-state index is 12.9. The molecule has 176 valence electrons. The third-order valence-electron chi connectivity index (χ3n) is 4.60. The van der Waals surface area contributed by atoms with Gasteiger partial charge in [-0.1, -0.05) is 23.9 Å². The Morgan fingerprint density at radius 2 is 1.88 bits per heavy atom. The van der Waals surface area contributed by atoms with Crippen molar-refractivity contribution < 1.29 is 28.6 Å². The molecular weight excluding hydrogens is 466 g/mol. The van der Waals surface area contributed by atoms with Crippen molar-refractivity contribution in [1.29, 1.82) is 0 Å². The van der Waals surface area contributed by atoms with E-state index in [1.54, 1.807) is 50.6 Å². The molecule has 33 heavy (non-hydrogen) atoms. The standard InChI is InChI=1S/C22H25N3O6S2/c1-4-30-17(26)10-14-11-32-22(23-14)33-12-16-18(20(27)31-5-2)19(25-21(28)24-16)13-6-8-15(29-3)9-7-13/h6-9,11,19H,4-5,10,12H2,1-3H3,(H2,24,25,28). The molecule has 1 aliphatic rings. The molecular formula is C22H25N3O6S2. The van der Waals surface area contributed by atoms with Crippen LogP contribution in [0, 0.1) is 0 Å². The topological polar surface area (TPSA) is 116 Å². The number of nitrogens with zero attached hydrogens (tertiary/aromatic N) is 1. The largest absolute Gasteiger partial charge is 0.497 e. The smallest absolute Gasteiger partial charge is 0.338 e. The lowest BCUT2D eigenvalue weighted by atomic mass is 9.95. The lowest BCUT2D eigenvalue weighted by molar-refractivity contribution is -0.142. The van der Waals surface area contributed by atoms with E-state index in [0.29, 0.717) is 39.4 Å². The van der Waals surface area contributed by atoms with Gasteiger partial charge in [0, 0.05) is 16.8 Å². The molecule has 2 aromatic rings. The number of hydrogen-bond acceptors (Lipinski definition) is 9. The molecule has 1 unspecified atom stereocenters. The number of thioether (sulfide) groups is 1. The van der Waals surface area contributed by atoms with Gasteiger partial charge in [-0.15, -0.1) is 11.3 Å².